The first-order chi connectivity index (χ1) is 10.3. The van der Waals surface area contributed by atoms with Gasteiger partial charge >= 0.3 is 12.3 Å². The normalized spacial score (nSPS) is 11.1. The molecule has 0 aromatic heterocycles. The Hall–Kier alpha value is -2.70. The summed E-state index contributed by atoms with van der Waals surface area (Å²) < 4.78 is 46.4. The summed E-state index contributed by atoms with van der Waals surface area (Å²) in [6.45, 7) is 0. The van der Waals surface area contributed by atoms with Gasteiger partial charge in [-0.3, -0.25) is 0 Å². The topological polar surface area (TPSA) is 55.8 Å². The molecule has 2 aromatic rings. The maximum absolute atomic E-state index is 12.5. The quantitative estimate of drug-likeness (QED) is 0.928. The highest BCUT2D eigenvalue weighted by Crippen LogP contribution is 2.38. The van der Waals surface area contributed by atoms with Crippen LogP contribution in [-0.4, -0.2) is 24.5 Å². The number of carboxylic acids is 1. The zero-order chi connectivity index (χ0) is 16.3. The van der Waals surface area contributed by atoms with Gasteiger partial charge in [-0.1, -0.05) is 30.3 Å². The number of benzene rings is 2. The van der Waals surface area contributed by atoms with E-state index in [1.807, 2.05) is 0 Å². The molecule has 0 aliphatic carbocycles. The van der Waals surface area contributed by atoms with Gasteiger partial charge in [0.1, 0.15) is 17.1 Å². The van der Waals surface area contributed by atoms with E-state index in [1.54, 1.807) is 0 Å². The highest BCUT2D eigenvalue weighted by Gasteiger charge is 2.32. The van der Waals surface area contributed by atoms with Crippen LogP contribution in [0.15, 0.2) is 42.5 Å². The van der Waals surface area contributed by atoms with Gasteiger partial charge in [0.2, 0.25) is 0 Å². The lowest BCUT2D eigenvalue weighted by molar-refractivity contribution is -0.274. The van der Waals surface area contributed by atoms with E-state index in [9.17, 15) is 23.1 Å². The Balaban J connectivity index is 2.65. The van der Waals surface area contributed by atoms with Crippen LogP contribution in [0, 0.1) is 0 Å². The number of hydrogen-bond donors (Lipinski definition) is 1. The van der Waals surface area contributed by atoms with Gasteiger partial charge in [0.25, 0.3) is 0 Å². The highest BCUT2D eigenvalue weighted by atomic mass is 19.4. The zero-order valence-corrected chi connectivity index (χ0v) is 11.3. The van der Waals surface area contributed by atoms with Crippen molar-refractivity contribution in [2.24, 2.45) is 0 Å². The number of methoxy groups -OCH3 is 1. The smallest absolute Gasteiger partial charge is 0.496 e. The second-order valence-corrected chi connectivity index (χ2v) is 4.23. The minimum Gasteiger partial charge on any atom is -0.496 e. The summed E-state index contributed by atoms with van der Waals surface area (Å²) in [4.78, 5) is 11.4. The molecule has 4 nitrogen and oxygen atoms in total. The van der Waals surface area contributed by atoms with Gasteiger partial charge in [-0.25, -0.2) is 4.79 Å². The van der Waals surface area contributed by atoms with Crippen molar-refractivity contribution in [2.75, 3.05) is 7.11 Å². The molecule has 7 heteroatoms. The van der Waals surface area contributed by atoms with Gasteiger partial charge in [-0.2, -0.15) is 0 Å². The van der Waals surface area contributed by atoms with Gasteiger partial charge in [0, 0.05) is 11.1 Å². The molecule has 0 amide bonds. The Morgan fingerprint density at radius 2 is 1.59 bits per heavy atom. The van der Waals surface area contributed by atoms with Crippen molar-refractivity contribution in [3.05, 3.63) is 48.0 Å². The Bertz CT molecular complexity index is 695. The molecule has 22 heavy (non-hydrogen) atoms. The van der Waals surface area contributed by atoms with Crippen molar-refractivity contribution in [3.63, 3.8) is 0 Å². The first kappa shape index (κ1) is 15.7. The fraction of sp³-hybridized carbons (Fsp3) is 0.133. The number of halogens is 3. The van der Waals surface area contributed by atoms with Crippen molar-refractivity contribution in [3.8, 4) is 22.6 Å². The van der Waals surface area contributed by atoms with Crippen molar-refractivity contribution in [1.82, 2.24) is 0 Å². The molecule has 0 aliphatic rings. The molecule has 0 saturated carbocycles. The molecule has 0 radical (unpaired) electrons. The minimum atomic E-state index is -4.88. The van der Waals surface area contributed by atoms with E-state index < -0.39 is 18.1 Å². The van der Waals surface area contributed by atoms with Gasteiger partial charge in [0.15, 0.2) is 0 Å². The number of carboxylic acid groups (broad SMARTS) is 1. The summed E-state index contributed by atoms with van der Waals surface area (Å²) in [5.41, 5.74) is -0.147. The van der Waals surface area contributed by atoms with Gasteiger partial charge < -0.3 is 14.6 Å². The summed E-state index contributed by atoms with van der Waals surface area (Å²) in [6, 6.07) is 9.63. The third-order valence-electron chi connectivity index (χ3n) is 2.86. The maximum atomic E-state index is 12.5. The molecule has 2 rings (SSSR count). The number of para-hydroxylation sites is 1. The Morgan fingerprint density at radius 1 is 1.00 bits per heavy atom. The van der Waals surface area contributed by atoms with Gasteiger partial charge in [-0.05, 0) is 12.1 Å². The number of hydrogen-bond acceptors (Lipinski definition) is 3. The third-order valence-corrected chi connectivity index (χ3v) is 2.86. The van der Waals surface area contributed by atoms with Gasteiger partial charge in [-0.15, -0.1) is 13.2 Å². The van der Waals surface area contributed by atoms with Crippen molar-refractivity contribution >= 4 is 5.97 Å². The van der Waals surface area contributed by atoms with Crippen LogP contribution in [0.4, 0.5) is 13.2 Å². The second-order valence-electron chi connectivity index (χ2n) is 4.23. The predicted octanol–water partition coefficient (Wildman–Crippen LogP) is 3.96. The summed E-state index contributed by atoms with van der Waals surface area (Å²) in [5.74, 6) is -1.74. The van der Waals surface area contributed by atoms with E-state index in [4.69, 9.17) is 4.74 Å². The molecule has 116 valence electrons. The molecule has 1 N–H and O–H groups in total. The van der Waals surface area contributed by atoms with Crippen molar-refractivity contribution in [1.29, 1.82) is 0 Å². The lowest BCUT2D eigenvalue weighted by Gasteiger charge is -2.15. The number of aromatic carboxylic acids is 1. The largest absolute Gasteiger partial charge is 0.573 e. The fourth-order valence-electron chi connectivity index (χ4n) is 2.05. The molecule has 0 aliphatic heterocycles. The standard InChI is InChI=1S/C15H11F3O4/c1-21-12-8-4-6-10(13(12)14(19)20)9-5-2-3-7-11(9)22-15(16,17)18/h2-8H,1H3,(H,19,20). The van der Waals surface area contributed by atoms with E-state index in [1.165, 1.54) is 43.5 Å². The molecule has 0 saturated heterocycles. The summed E-state index contributed by atoms with van der Waals surface area (Å²) >= 11 is 0. The summed E-state index contributed by atoms with van der Waals surface area (Å²) in [6.07, 6.45) is -4.88. The van der Waals surface area contributed by atoms with E-state index >= 15 is 0 Å². The van der Waals surface area contributed by atoms with Crippen LogP contribution < -0.4 is 9.47 Å². The second kappa shape index (κ2) is 5.97. The lowest BCUT2D eigenvalue weighted by Crippen LogP contribution is -2.17. The first-order valence-electron chi connectivity index (χ1n) is 6.09. The molecule has 0 unspecified atom stereocenters. The third kappa shape index (κ3) is 3.30. The maximum Gasteiger partial charge on any atom is 0.573 e. The van der Waals surface area contributed by atoms with Crippen molar-refractivity contribution in [2.45, 2.75) is 6.36 Å². The van der Waals surface area contributed by atoms with Crippen LogP contribution >= 0.6 is 0 Å². The van der Waals surface area contributed by atoms with Crippen LogP contribution in [0.25, 0.3) is 11.1 Å². The predicted molar refractivity (Wildman–Crippen MR) is 72.1 cm³/mol. The molecule has 0 spiro atoms. The summed E-state index contributed by atoms with van der Waals surface area (Å²) in [7, 11) is 1.28. The molecule has 0 bridgehead atoms. The Kier molecular flexibility index (Phi) is 4.25. The van der Waals surface area contributed by atoms with Gasteiger partial charge in [0.05, 0.1) is 7.11 Å². The molecular formula is C15H11F3O4. The highest BCUT2D eigenvalue weighted by molar-refractivity contribution is 5.99. The van der Waals surface area contributed by atoms with Crippen molar-refractivity contribution < 1.29 is 32.5 Å². The molecule has 0 heterocycles. The zero-order valence-electron chi connectivity index (χ0n) is 11.3. The minimum absolute atomic E-state index is 0.0103. The average Bonchev–Trinajstić information content (AvgIpc) is 2.45. The number of ether oxygens (including phenoxy) is 2. The van der Waals surface area contributed by atoms with Crippen LogP contribution in [0.1, 0.15) is 10.4 Å². The van der Waals surface area contributed by atoms with Crippen LogP contribution in [0.2, 0.25) is 0 Å². The monoisotopic (exact) mass is 312 g/mol. The molecule has 0 fully saturated rings. The van der Waals surface area contributed by atoms with Crippen LogP contribution in [-0.2, 0) is 0 Å². The fourth-order valence-corrected chi connectivity index (χ4v) is 2.05. The van der Waals surface area contributed by atoms with E-state index in [0.717, 1.165) is 6.07 Å². The SMILES string of the molecule is COc1cccc(-c2ccccc2OC(F)(F)F)c1C(=O)O. The van der Waals surface area contributed by atoms with Crippen LogP contribution in [0.3, 0.4) is 0 Å². The number of carbonyl (C=O) groups is 1. The Labute approximate surface area is 123 Å². The van der Waals surface area contributed by atoms with Crippen LogP contribution in [0.5, 0.6) is 11.5 Å². The first-order valence-corrected chi connectivity index (χ1v) is 6.09. The Morgan fingerprint density at radius 3 is 2.18 bits per heavy atom. The molecule has 2 aromatic carbocycles. The average molecular weight is 312 g/mol. The van der Waals surface area contributed by atoms with E-state index in [-0.39, 0.29) is 22.4 Å². The molecular weight excluding hydrogens is 301 g/mol. The molecule has 0 atom stereocenters. The lowest BCUT2D eigenvalue weighted by atomic mass is 9.98. The van der Waals surface area contributed by atoms with E-state index in [0.29, 0.717) is 0 Å². The number of rotatable bonds is 4. The number of alkyl halides is 3. The van der Waals surface area contributed by atoms with E-state index in [2.05, 4.69) is 4.74 Å². The summed E-state index contributed by atoms with van der Waals surface area (Å²) in [5, 5.41) is 9.32.